The molecule has 3 heterocycles. The molecule has 1 aromatic heterocycles. The summed E-state index contributed by atoms with van der Waals surface area (Å²) >= 11 is 0. The second-order valence-corrected chi connectivity index (χ2v) is 7.01. The van der Waals surface area contributed by atoms with E-state index in [-0.39, 0.29) is 25.2 Å². The van der Waals surface area contributed by atoms with E-state index in [4.69, 9.17) is 4.42 Å². The number of nitrogens with one attached hydrogen (secondary N) is 1. The van der Waals surface area contributed by atoms with Gasteiger partial charge in [0.1, 0.15) is 11.8 Å². The second-order valence-electron chi connectivity index (χ2n) is 7.01. The average molecular weight is 381 g/mol. The molecule has 4 amide bonds. The smallest absolute Gasteiger partial charge is 0.261 e. The lowest BCUT2D eigenvalue weighted by Crippen LogP contribution is -2.58. The fourth-order valence-electron chi connectivity index (χ4n) is 3.79. The molecule has 1 fully saturated rings. The Bertz CT molecular complexity index is 993. The highest BCUT2D eigenvalue weighted by molar-refractivity contribution is 6.14. The molecule has 1 N–H and O–H groups in total. The Morgan fingerprint density at radius 2 is 2.04 bits per heavy atom. The molecule has 2 aromatic rings. The minimum Gasteiger partial charge on any atom is -0.446 e. The number of benzene rings is 1. The van der Waals surface area contributed by atoms with Gasteiger partial charge in [-0.2, -0.15) is 0 Å². The van der Waals surface area contributed by atoms with Crippen LogP contribution in [0.2, 0.25) is 0 Å². The van der Waals surface area contributed by atoms with E-state index < -0.39 is 23.8 Å². The van der Waals surface area contributed by atoms with Gasteiger partial charge in [0, 0.05) is 25.3 Å². The molecule has 28 heavy (non-hydrogen) atoms. The van der Waals surface area contributed by atoms with Crippen LogP contribution in [-0.2, 0) is 33.6 Å². The van der Waals surface area contributed by atoms with Gasteiger partial charge in [-0.1, -0.05) is 18.2 Å². The molecule has 0 spiro atoms. The Balaban J connectivity index is 1.62. The summed E-state index contributed by atoms with van der Waals surface area (Å²) in [5.41, 5.74) is 1.91. The number of imide groups is 2. The first-order chi connectivity index (χ1) is 13.4. The summed E-state index contributed by atoms with van der Waals surface area (Å²) in [6.45, 7) is 1.76. The summed E-state index contributed by atoms with van der Waals surface area (Å²) in [5, 5.41) is 2.21. The highest BCUT2D eigenvalue weighted by atomic mass is 16.4. The maximum atomic E-state index is 13.2. The number of hydrogen-bond acceptors (Lipinski definition) is 6. The van der Waals surface area contributed by atoms with Gasteiger partial charge < -0.3 is 4.42 Å². The number of carbonyl (C=O) groups is 4. The lowest BCUT2D eigenvalue weighted by molar-refractivity contribution is -0.143. The molecule has 1 saturated heterocycles. The van der Waals surface area contributed by atoms with Crippen molar-refractivity contribution in [2.24, 2.45) is 0 Å². The van der Waals surface area contributed by atoms with Crippen molar-refractivity contribution < 1.29 is 23.6 Å². The number of oxazole rings is 1. The van der Waals surface area contributed by atoms with Gasteiger partial charge in [-0.3, -0.25) is 29.4 Å². The molecule has 0 saturated carbocycles. The lowest BCUT2D eigenvalue weighted by Gasteiger charge is -2.35. The first kappa shape index (κ1) is 18.1. The van der Waals surface area contributed by atoms with Gasteiger partial charge in [0.2, 0.25) is 17.7 Å². The summed E-state index contributed by atoms with van der Waals surface area (Å²) in [5.74, 6) is -0.593. The molecule has 2 aliphatic rings. The van der Waals surface area contributed by atoms with Crippen molar-refractivity contribution in [3.63, 3.8) is 0 Å². The van der Waals surface area contributed by atoms with Crippen LogP contribution in [0.4, 0.5) is 0 Å². The third-order valence-corrected chi connectivity index (χ3v) is 5.11. The standard InChI is InChI=1S/C20H19N3O5/c1-11-21-10-14(28-11)6-5-12-3-2-4-13-9-17(25)23(20(27)18(12)13)15-7-8-16(24)22-19(15)26/h2-4,10,15H,5-9H2,1H3,(H,22,24,26). The molecule has 1 atom stereocenters. The number of hydrogen-bond donors (Lipinski definition) is 1. The van der Waals surface area contributed by atoms with Crippen LogP contribution in [0.1, 0.15) is 46.0 Å². The van der Waals surface area contributed by atoms with Crippen molar-refractivity contribution in [3.05, 3.63) is 52.7 Å². The van der Waals surface area contributed by atoms with Gasteiger partial charge in [0.05, 0.1) is 12.6 Å². The molecule has 8 nitrogen and oxygen atoms in total. The van der Waals surface area contributed by atoms with Crippen molar-refractivity contribution in [3.8, 4) is 0 Å². The molecule has 4 rings (SSSR count). The summed E-state index contributed by atoms with van der Waals surface area (Å²) in [6, 6.07) is 4.48. The van der Waals surface area contributed by atoms with Gasteiger partial charge in [0.15, 0.2) is 5.89 Å². The molecule has 144 valence electrons. The summed E-state index contributed by atoms with van der Waals surface area (Å²) in [4.78, 5) is 54.5. The van der Waals surface area contributed by atoms with E-state index in [2.05, 4.69) is 10.3 Å². The topological polar surface area (TPSA) is 110 Å². The van der Waals surface area contributed by atoms with Gasteiger partial charge in [0.25, 0.3) is 5.91 Å². The third-order valence-electron chi connectivity index (χ3n) is 5.11. The Morgan fingerprint density at radius 1 is 1.21 bits per heavy atom. The maximum Gasteiger partial charge on any atom is 0.261 e. The second kappa shape index (κ2) is 7.03. The molecule has 8 heteroatoms. The number of fused-ring (bicyclic) bond motifs is 1. The monoisotopic (exact) mass is 381 g/mol. The zero-order valence-electron chi connectivity index (χ0n) is 15.4. The summed E-state index contributed by atoms with van der Waals surface area (Å²) in [7, 11) is 0. The molecule has 0 bridgehead atoms. The zero-order valence-corrected chi connectivity index (χ0v) is 15.4. The predicted molar refractivity (Wildman–Crippen MR) is 96.1 cm³/mol. The number of aromatic nitrogens is 1. The highest BCUT2D eigenvalue weighted by Crippen LogP contribution is 2.28. The van der Waals surface area contributed by atoms with E-state index in [1.54, 1.807) is 19.2 Å². The fraction of sp³-hybridized carbons (Fsp3) is 0.350. The first-order valence-corrected chi connectivity index (χ1v) is 9.16. The molecule has 1 aromatic carbocycles. The van der Waals surface area contributed by atoms with E-state index in [9.17, 15) is 19.2 Å². The Hall–Kier alpha value is -3.29. The fourth-order valence-corrected chi connectivity index (χ4v) is 3.79. The van der Waals surface area contributed by atoms with Crippen molar-refractivity contribution >= 4 is 23.6 Å². The quantitative estimate of drug-likeness (QED) is 0.794. The molecule has 0 aliphatic carbocycles. The minimum atomic E-state index is -0.948. The van der Waals surface area contributed by atoms with Crippen LogP contribution in [0, 0.1) is 6.92 Å². The van der Waals surface area contributed by atoms with Crippen LogP contribution >= 0.6 is 0 Å². The summed E-state index contributed by atoms with van der Waals surface area (Å²) in [6.07, 6.45) is 3.07. The molecule has 0 radical (unpaired) electrons. The number of piperidine rings is 1. The van der Waals surface area contributed by atoms with Crippen molar-refractivity contribution in [1.82, 2.24) is 15.2 Å². The predicted octanol–water partition coefficient (Wildman–Crippen LogP) is 1.10. The number of nitrogens with zero attached hydrogens (tertiary/aromatic N) is 2. The summed E-state index contributed by atoms with van der Waals surface area (Å²) < 4.78 is 5.49. The maximum absolute atomic E-state index is 13.2. The molecular weight excluding hydrogens is 362 g/mol. The van der Waals surface area contributed by atoms with Crippen LogP contribution in [0.5, 0.6) is 0 Å². The molecule has 1 unspecified atom stereocenters. The molecule has 2 aliphatic heterocycles. The van der Waals surface area contributed by atoms with Gasteiger partial charge in [-0.05, 0) is 24.0 Å². The van der Waals surface area contributed by atoms with Crippen LogP contribution in [0.15, 0.2) is 28.8 Å². The van der Waals surface area contributed by atoms with E-state index >= 15 is 0 Å². The van der Waals surface area contributed by atoms with Crippen LogP contribution in [0.3, 0.4) is 0 Å². The van der Waals surface area contributed by atoms with E-state index in [0.29, 0.717) is 29.9 Å². The van der Waals surface area contributed by atoms with E-state index in [1.807, 2.05) is 12.1 Å². The van der Waals surface area contributed by atoms with Gasteiger partial charge in [-0.25, -0.2) is 4.98 Å². The normalized spacial score (nSPS) is 19.6. The zero-order chi connectivity index (χ0) is 19.8. The lowest BCUT2D eigenvalue weighted by atomic mass is 9.89. The van der Waals surface area contributed by atoms with Crippen molar-refractivity contribution in [2.75, 3.05) is 0 Å². The first-order valence-electron chi connectivity index (χ1n) is 9.16. The number of rotatable bonds is 4. The number of carbonyl (C=O) groups excluding carboxylic acids is 4. The number of amides is 4. The Labute approximate surface area is 160 Å². The van der Waals surface area contributed by atoms with Crippen molar-refractivity contribution in [2.45, 2.75) is 45.1 Å². The largest absolute Gasteiger partial charge is 0.446 e. The van der Waals surface area contributed by atoms with Gasteiger partial charge >= 0.3 is 0 Å². The SMILES string of the molecule is Cc1ncc(CCc2cccc3c2C(=O)N(C2CCC(=O)NC2=O)C(=O)C3)o1. The minimum absolute atomic E-state index is 0.0497. The number of aryl methyl sites for hydroxylation is 3. The van der Waals surface area contributed by atoms with Crippen LogP contribution in [-0.4, -0.2) is 39.6 Å². The Morgan fingerprint density at radius 3 is 2.75 bits per heavy atom. The van der Waals surface area contributed by atoms with Crippen LogP contribution < -0.4 is 5.32 Å². The van der Waals surface area contributed by atoms with E-state index in [0.717, 1.165) is 16.2 Å². The molecular formula is C20H19N3O5. The van der Waals surface area contributed by atoms with Gasteiger partial charge in [-0.15, -0.1) is 0 Å². The average Bonchev–Trinajstić information content (AvgIpc) is 3.06. The highest BCUT2D eigenvalue weighted by Gasteiger charge is 2.42. The van der Waals surface area contributed by atoms with Crippen LogP contribution in [0.25, 0.3) is 0 Å². The Kier molecular flexibility index (Phi) is 4.54. The third kappa shape index (κ3) is 3.21. The van der Waals surface area contributed by atoms with E-state index in [1.165, 1.54) is 0 Å². The van der Waals surface area contributed by atoms with Crippen molar-refractivity contribution in [1.29, 1.82) is 0 Å².